The molecule has 2 nitrogen and oxygen atoms in total. The molecule has 1 aromatic carbocycles. The van der Waals surface area contributed by atoms with E-state index in [1.807, 2.05) is 0 Å². The zero-order valence-corrected chi connectivity index (χ0v) is 17.2. The Bertz CT molecular complexity index is 589. The quantitative estimate of drug-likeness (QED) is 0.470. The van der Waals surface area contributed by atoms with Gasteiger partial charge in [0.15, 0.2) is 0 Å². The smallest absolute Gasteiger partial charge is 0.303 e. The Balaban J connectivity index is 1.74. The molecule has 0 amide bonds. The van der Waals surface area contributed by atoms with Crippen LogP contribution in [-0.4, -0.2) is 11.1 Å². The minimum absolute atomic E-state index is 0.270. The van der Waals surface area contributed by atoms with Crippen molar-refractivity contribution in [3.05, 3.63) is 35.4 Å². The van der Waals surface area contributed by atoms with Gasteiger partial charge in [0.1, 0.15) is 0 Å². The number of carboxylic acids is 1. The Labute approximate surface area is 165 Å². The van der Waals surface area contributed by atoms with Gasteiger partial charge in [-0.1, -0.05) is 69.7 Å². The fourth-order valence-corrected chi connectivity index (χ4v) is 6.15. The lowest BCUT2D eigenvalue weighted by molar-refractivity contribution is -0.137. The lowest BCUT2D eigenvalue weighted by atomic mass is 9.51. The largest absolute Gasteiger partial charge is 0.481 e. The predicted octanol–water partition coefficient (Wildman–Crippen LogP) is 7.12. The predicted molar refractivity (Wildman–Crippen MR) is 112 cm³/mol. The summed E-state index contributed by atoms with van der Waals surface area (Å²) in [5.41, 5.74) is 3.40. The van der Waals surface area contributed by atoms with Crippen LogP contribution >= 0.6 is 0 Å². The summed E-state index contributed by atoms with van der Waals surface area (Å²) < 4.78 is 0. The Morgan fingerprint density at radius 3 is 2.56 bits per heavy atom. The topological polar surface area (TPSA) is 37.3 Å². The molecule has 0 radical (unpaired) electrons. The van der Waals surface area contributed by atoms with Crippen molar-refractivity contribution in [3.63, 3.8) is 0 Å². The summed E-state index contributed by atoms with van der Waals surface area (Å²) in [5.74, 6) is 0.991. The number of carbonyl (C=O) groups is 1. The highest BCUT2D eigenvalue weighted by atomic mass is 16.4. The molecule has 0 aromatic heterocycles. The van der Waals surface area contributed by atoms with E-state index in [0.717, 1.165) is 24.7 Å². The molecular weight excluding hydrogens is 332 g/mol. The van der Waals surface area contributed by atoms with Crippen LogP contribution in [0.15, 0.2) is 24.3 Å². The molecule has 2 aliphatic carbocycles. The fourth-order valence-electron chi connectivity index (χ4n) is 6.15. The molecule has 3 atom stereocenters. The number of aryl methyl sites for hydroxylation is 1. The maximum absolute atomic E-state index is 10.7. The van der Waals surface area contributed by atoms with Crippen molar-refractivity contribution in [2.24, 2.45) is 11.3 Å². The van der Waals surface area contributed by atoms with Gasteiger partial charge in [0, 0.05) is 6.42 Å². The lowest BCUT2D eigenvalue weighted by Gasteiger charge is -2.53. The number of hydrogen-bond acceptors (Lipinski definition) is 1. The highest BCUT2D eigenvalue weighted by Gasteiger charge is 2.48. The van der Waals surface area contributed by atoms with E-state index in [4.69, 9.17) is 5.11 Å². The van der Waals surface area contributed by atoms with Crippen LogP contribution in [0.1, 0.15) is 107 Å². The molecule has 2 aliphatic rings. The second-order valence-corrected chi connectivity index (χ2v) is 9.11. The first-order valence-electron chi connectivity index (χ1n) is 11.5. The molecule has 1 unspecified atom stereocenters. The molecule has 2 fully saturated rings. The van der Waals surface area contributed by atoms with Crippen LogP contribution in [0, 0.1) is 11.3 Å². The van der Waals surface area contributed by atoms with Crippen molar-refractivity contribution in [1.29, 1.82) is 0 Å². The molecule has 0 bridgehead atoms. The normalized spacial score (nSPS) is 27.9. The van der Waals surface area contributed by atoms with E-state index in [0.29, 0.717) is 5.41 Å². The monoisotopic (exact) mass is 370 g/mol. The number of carboxylic acid groups (broad SMARTS) is 1. The van der Waals surface area contributed by atoms with Crippen LogP contribution in [0.3, 0.4) is 0 Å². The third-order valence-corrected chi connectivity index (χ3v) is 7.48. The zero-order chi connectivity index (χ0) is 19.1. The van der Waals surface area contributed by atoms with Crippen LogP contribution < -0.4 is 0 Å². The number of aliphatic carboxylic acids is 1. The maximum Gasteiger partial charge on any atom is 0.303 e. The standard InChI is InChI=1S/C25H38O2/c1-2-3-5-18-25-19-6-4-10-22(25)11-8-12-23(25)21-16-14-20(15-17-21)9-7-13-24(26)27/h14-17,22-23H,2-13,18-19H2,1H3,(H,26,27)/t22-,23?,25+/m1/s1. The summed E-state index contributed by atoms with van der Waals surface area (Å²) in [4.78, 5) is 10.7. The highest BCUT2D eigenvalue weighted by Crippen LogP contribution is 2.59. The second kappa shape index (κ2) is 9.75. The molecule has 27 heavy (non-hydrogen) atoms. The van der Waals surface area contributed by atoms with Gasteiger partial charge in [-0.2, -0.15) is 0 Å². The molecule has 1 N–H and O–H groups in total. The minimum Gasteiger partial charge on any atom is -0.481 e. The van der Waals surface area contributed by atoms with Gasteiger partial charge in [-0.25, -0.2) is 0 Å². The number of unbranched alkanes of at least 4 members (excludes halogenated alkanes) is 2. The van der Waals surface area contributed by atoms with E-state index < -0.39 is 5.97 Å². The molecule has 1 aromatic rings. The first-order chi connectivity index (χ1) is 13.2. The number of benzene rings is 1. The first kappa shape index (κ1) is 20.4. The van der Waals surface area contributed by atoms with Crippen molar-refractivity contribution in [1.82, 2.24) is 0 Å². The van der Waals surface area contributed by atoms with Crippen LogP contribution in [0.5, 0.6) is 0 Å². The molecule has 0 spiro atoms. The van der Waals surface area contributed by atoms with Gasteiger partial charge in [-0.3, -0.25) is 4.79 Å². The first-order valence-corrected chi connectivity index (χ1v) is 11.5. The van der Waals surface area contributed by atoms with Crippen molar-refractivity contribution in [2.75, 3.05) is 0 Å². The van der Waals surface area contributed by atoms with Crippen molar-refractivity contribution < 1.29 is 9.90 Å². The molecule has 2 saturated carbocycles. The minimum atomic E-state index is -0.689. The lowest BCUT2D eigenvalue weighted by Crippen LogP contribution is -2.42. The van der Waals surface area contributed by atoms with Crippen molar-refractivity contribution in [2.45, 2.75) is 103 Å². The van der Waals surface area contributed by atoms with E-state index in [1.165, 1.54) is 76.2 Å². The molecular formula is C25H38O2. The zero-order valence-electron chi connectivity index (χ0n) is 17.2. The van der Waals surface area contributed by atoms with E-state index in [9.17, 15) is 4.79 Å². The second-order valence-electron chi connectivity index (χ2n) is 9.11. The van der Waals surface area contributed by atoms with E-state index >= 15 is 0 Å². The Kier molecular flexibility index (Phi) is 7.38. The summed E-state index contributed by atoms with van der Waals surface area (Å²) >= 11 is 0. The molecule has 0 saturated heterocycles. The Morgan fingerprint density at radius 1 is 1.04 bits per heavy atom. The van der Waals surface area contributed by atoms with Gasteiger partial charge in [0.2, 0.25) is 0 Å². The number of fused-ring (bicyclic) bond motifs is 1. The van der Waals surface area contributed by atoms with E-state index in [1.54, 1.807) is 5.56 Å². The van der Waals surface area contributed by atoms with Crippen LogP contribution in [0.4, 0.5) is 0 Å². The van der Waals surface area contributed by atoms with Gasteiger partial charge >= 0.3 is 5.97 Å². The van der Waals surface area contributed by atoms with Gasteiger partial charge < -0.3 is 5.11 Å². The summed E-state index contributed by atoms with van der Waals surface area (Å²) in [6.07, 6.45) is 17.4. The Morgan fingerprint density at radius 2 is 1.81 bits per heavy atom. The van der Waals surface area contributed by atoms with Gasteiger partial charge in [-0.05, 0) is 73.3 Å². The average Bonchev–Trinajstić information content (AvgIpc) is 2.68. The molecule has 2 heteroatoms. The average molecular weight is 371 g/mol. The van der Waals surface area contributed by atoms with Crippen LogP contribution in [-0.2, 0) is 11.2 Å². The SMILES string of the molecule is CCCCC[C@]12CCCC[C@@H]1CCCC2c1ccc(CCCC(=O)O)cc1. The highest BCUT2D eigenvalue weighted by molar-refractivity contribution is 5.66. The summed E-state index contributed by atoms with van der Waals surface area (Å²) in [7, 11) is 0. The number of hydrogen-bond donors (Lipinski definition) is 1. The molecule has 0 heterocycles. The molecule has 3 rings (SSSR count). The van der Waals surface area contributed by atoms with Crippen molar-refractivity contribution >= 4 is 5.97 Å². The van der Waals surface area contributed by atoms with Crippen LogP contribution in [0.2, 0.25) is 0 Å². The fraction of sp³-hybridized carbons (Fsp3) is 0.720. The van der Waals surface area contributed by atoms with E-state index in [-0.39, 0.29) is 6.42 Å². The molecule has 150 valence electrons. The van der Waals surface area contributed by atoms with Gasteiger partial charge in [0.25, 0.3) is 0 Å². The van der Waals surface area contributed by atoms with Crippen LogP contribution in [0.25, 0.3) is 0 Å². The number of rotatable bonds is 9. The maximum atomic E-state index is 10.7. The summed E-state index contributed by atoms with van der Waals surface area (Å²) in [6.45, 7) is 2.32. The van der Waals surface area contributed by atoms with Gasteiger partial charge in [0.05, 0.1) is 0 Å². The third-order valence-electron chi connectivity index (χ3n) is 7.48. The van der Waals surface area contributed by atoms with Gasteiger partial charge in [-0.15, -0.1) is 0 Å². The van der Waals surface area contributed by atoms with Crippen molar-refractivity contribution in [3.8, 4) is 0 Å². The summed E-state index contributed by atoms with van der Waals surface area (Å²) in [5, 5.41) is 8.83. The van der Waals surface area contributed by atoms with E-state index in [2.05, 4.69) is 31.2 Å². The third kappa shape index (κ3) is 4.95. The summed E-state index contributed by atoms with van der Waals surface area (Å²) in [6, 6.07) is 9.28. The Hall–Kier alpha value is -1.31. The molecule has 0 aliphatic heterocycles.